The first-order valence-electron chi connectivity index (χ1n) is 9.52. The van der Waals surface area contributed by atoms with Crippen molar-refractivity contribution >= 4 is 29.5 Å². The van der Waals surface area contributed by atoms with Crippen LogP contribution in [-0.2, 0) is 16.1 Å². The van der Waals surface area contributed by atoms with E-state index in [9.17, 15) is 14.4 Å². The molecule has 1 fully saturated rings. The number of carbonyl (C=O) groups is 3. The molecule has 0 bridgehead atoms. The number of nitrogens with one attached hydrogen (secondary N) is 1. The van der Waals surface area contributed by atoms with Crippen molar-refractivity contribution in [1.82, 2.24) is 10.2 Å². The van der Waals surface area contributed by atoms with Gasteiger partial charge in [-0.1, -0.05) is 24.0 Å². The standard InChI is InChI=1S/C19H23N5O3S/c20-23-21-10-3-1-2-4-11-28-16-7-5-6-13-14(16)12-24(19(13)27)15-8-9-17(25)22-18(15)26/h5-7,15H,1-4,8-12H2,(H,22,25,26). The lowest BCUT2D eigenvalue weighted by molar-refractivity contribution is -0.136. The van der Waals surface area contributed by atoms with E-state index >= 15 is 0 Å². The Bertz CT molecular complexity index is 822. The van der Waals surface area contributed by atoms with Crippen LogP contribution >= 0.6 is 11.8 Å². The molecule has 28 heavy (non-hydrogen) atoms. The van der Waals surface area contributed by atoms with Gasteiger partial charge in [0.15, 0.2) is 0 Å². The van der Waals surface area contributed by atoms with Crippen molar-refractivity contribution in [3.8, 4) is 0 Å². The third-order valence-electron chi connectivity index (χ3n) is 5.01. The fourth-order valence-corrected chi connectivity index (χ4v) is 4.65. The number of thioether (sulfide) groups is 1. The van der Waals surface area contributed by atoms with Gasteiger partial charge in [0.25, 0.3) is 5.91 Å². The third kappa shape index (κ3) is 4.66. The number of imide groups is 1. The summed E-state index contributed by atoms with van der Waals surface area (Å²) < 4.78 is 0. The Morgan fingerprint density at radius 3 is 2.82 bits per heavy atom. The van der Waals surface area contributed by atoms with Crippen molar-refractivity contribution in [2.75, 3.05) is 12.3 Å². The highest BCUT2D eigenvalue weighted by atomic mass is 32.2. The molecule has 0 spiro atoms. The summed E-state index contributed by atoms with van der Waals surface area (Å²) in [5.41, 5.74) is 9.88. The van der Waals surface area contributed by atoms with Crippen molar-refractivity contribution in [2.24, 2.45) is 5.11 Å². The zero-order chi connectivity index (χ0) is 19.9. The number of unbranched alkanes of at least 4 members (excludes halogenated alkanes) is 3. The summed E-state index contributed by atoms with van der Waals surface area (Å²) in [5.74, 6) is 0.156. The largest absolute Gasteiger partial charge is 0.322 e. The first-order valence-corrected chi connectivity index (χ1v) is 10.5. The Morgan fingerprint density at radius 2 is 2.04 bits per heavy atom. The van der Waals surface area contributed by atoms with Gasteiger partial charge in [-0.2, -0.15) is 0 Å². The maximum absolute atomic E-state index is 12.8. The van der Waals surface area contributed by atoms with Gasteiger partial charge in [-0.3, -0.25) is 19.7 Å². The van der Waals surface area contributed by atoms with Crippen LogP contribution in [0.15, 0.2) is 28.2 Å². The molecule has 3 amide bonds. The minimum Gasteiger partial charge on any atom is -0.322 e. The summed E-state index contributed by atoms with van der Waals surface area (Å²) >= 11 is 1.73. The monoisotopic (exact) mass is 401 g/mol. The second-order valence-electron chi connectivity index (χ2n) is 6.90. The molecule has 2 aliphatic heterocycles. The predicted octanol–water partition coefficient (Wildman–Crippen LogP) is 3.41. The Kier molecular flexibility index (Phi) is 6.95. The summed E-state index contributed by atoms with van der Waals surface area (Å²) in [6.07, 6.45) is 4.71. The molecule has 2 heterocycles. The van der Waals surface area contributed by atoms with E-state index < -0.39 is 6.04 Å². The van der Waals surface area contributed by atoms with Crippen LogP contribution in [0.25, 0.3) is 10.4 Å². The molecule has 1 saturated heterocycles. The molecule has 8 nitrogen and oxygen atoms in total. The van der Waals surface area contributed by atoms with Gasteiger partial charge in [-0.25, -0.2) is 0 Å². The number of carbonyl (C=O) groups excluding carboxylic acids is 3. The molecule has 1 aromatic rings. The number of piperidine rings is 1. The van der Waals surface area contributed by atoms with Crippen LogP contribution in [0.1, 0.15) is 54.4 Å². The van der Waals surface area contributed by atoms with E-state index in [4.69, 9.17) is 5.53 Å². The Morgan fingerprint density at radius 1 is 1.21 bits per heavy atom. The Balaban J connectivity index is 1.55. The van der Waals surface area contributed by atoms with Crippen molar-refractivity contribution in [3.63, 3.8) is 0 Å². The van der Waals surface area contributed by atoms with Crippen LogP contribution < -0.4 is 5.32 Å². The molecule has 0 saturated carbocycles. The smallest absolute Gasteiger partial charge is 0.255 e. The summed E-state index contributed by atoms with van der Waals surface area (Å²) in [5, 5.41) is 5.86. The average molecular weight is 401 g/mol. The predicted molar refractivity (Wildman–Crippen MR) is 106 cm³/mol. The minimum absolute atomic E-state index is 0.134. The number of benzene rings is 1. The molecule has 3 rings (SSSR count). The number of amides is 3. The zero-order valence-corrected chi connectivity index (χ0v) is 16.4. The molecule has 1 aromatic carbocycles. The minimum atomic E-state index is -0.577. The summed E-state index contributed by atoms with van der Waals surface area (Å²) in [7, 11) is 0. The second kappa shape index (κ2) is 9.61. The molecule has 2 aliphatic rings. The zero-order valence-electron chi connectivity index (χ0n) is 15.6. The normalized spacial score (nSPS) is 18.6. The fourth-order valence-electron chi connectivity index (χ4n) is 3.56. The van der Waals surface area contributed by atoms with E-state index in [0.29, 0.717) is 25.1 Å². The van der Waals surface area contributed by atoms with Gasteiger partial charge >= 0.3 is 0 Å². The topological polar surface area (TPSA) is 115 Å². The highest BCUT2D eigenvalue weighted by Gasteiger charge is 2.39. The van der Waals surface area contributed by atoms with Crippen LogP contribution in [0.2, 0.25) is 0 Å². The van der Waals surface area contributed by atoms with Gasteiger partial charge in [0, 0.05) is 34.9 Å². The molecule has 0 radical (unpaired) electrons. The van der Waals surface area contributed by atoms with Gasteiger partial charge in [0.1, 0.15) is 6.04 Å². The van der Waals surface area contributed by atoms with E-state index in [2.05, 4.69) is 15.3 Å². The lowest BCUT2D eigenvalue weighted by Crippen LogP contribution is -2.52. The molecule has 1 N–H and O–H groups in total. The second-order valence-corrected chi connectivity index (χ2v) is 8.04. The van der Waals surface area contributed by atoms with Crippen molar-refractivity contribution in [3.05, 3.63) is 39.8 Å². The first kappa shape index (κ1) is 20.2. The highest BCUT2D eigenvalue weighted by Crippen LogP contribution is 2.34. The van der Waals surface area contributed by atoms with E-state index in [1.165, 1.54) is 0 Å². The van der Waals surface area contributed by atoms with Gasteiger partial charge in [0.2, 0.25) is 11.8 Å². The average Bonchev–Trinajstić information content (AvgIpc) is 3.01. The highest BCUT2D eigenvalue weighted by molar-refractivity contribution is 7.99. The van der Waals surface area contributed by atoms with Gasteiger partial charge in [-0.15, -0.1) is 11.8 Å². The SMILES string of the molecule is [N-]=[N+]=NCCCCCCSc1cccc2c1CN(C1CCC(=O)NC1=O)C2=O. The van der Waals surface area contributed by atoms with E-state index in [0.717, 1.165) is 41.9 Å². The van der Waals surface area contributed by atoms with Crippen LogP contribution in [-0.4, -0.2) is 41.0 Å². The number of rotatable bonds is 9. The molecule has 148 valence electrons. The van der Waals surface area contributed by atoms with Gasteiger partial charge < -0.3 is 4.90 Å². The molecule has 1 unspecified atom stereocenters. The molecule has 0 aliphatic carbocycles. The van der Waals surface area contributed by atoms with Crippen LogP contribution in [0, 0.1) is 0 Å². The van der Waals surface area contributed by atoms with Crippen molar-refractivity contribution < 1.29 is 14.4 Å². The number of fused-ring (bicyclic) bond motifs is 1. The summed E-state index contributed by atoms with van der Waals surface area (Å²) in [4.78, 5) is 41.7. The molecule has 1 atom stereocenters. The number of hydrogen-bond donors (Lipinski definition) is 1. The molecular weight excluding hydrogens is 378 g/mol. The first-order chi connectivity index (χ1) is 13.6. The number of nitrogens with zero attached hydrogens (tertiary/aromatic N) is 4. The maximum Gasteiger partial charge on any atom is 0.255 e. The summed E-state index contributed by atoms with van der Waals surface area (Å²) in [6.45, 7) is 0.962. The lowest BCUT2D eigenvalue weighted by atomic mass is 10.0. The quantitative estimate of drug-likeness (QED) is 0.170. The summed E-state index contributed by atoms with van der Waals surface area (Å²) in [6, 6.07) is 5.13. The Labute approximate surface area is 167 Å². The van der Waals surface area contributed by atoms with Gasteiger partial charge in [0.05, 0.1) is 0 Å². The fraction of sp³-hybridized carbons (Fsp3) is 0.526. The van der Waals surface area contributed by atoms with Crippen LogP contribution in [0.5, 0.6) is 0 Å². The molecule has 9 heteroatoms. The van der Waals surface area contributed by atoms with Crippen LogP contribution in [0.4, 0.5) is 0 Å². The van der Waals surface area contributed by atoms with E-state index in [-0.39, 0.29) is 24.1 Å². The number of hydrogen-bond acceptors (Lipinski definition) is 5. The maximum atomic E-state index is 12.8. The van der Waals surface area contributed by atoms with E-state index in [1.54, 1.807) is 16.7 Å². The number of azide groups is 1. The molecular formula is C19H23N5O3S. The van der Waals surface area contributed by atoms with Crippen molar-refractivity contribution in [1.29, 1.82) is 0 Å². The van der Waals surface area contributed by atoms with Crippen LogP contribution in [0.3, 0.4) is 0 Å². The van der Waals surface area contributed by atoms with Crippen molar-refractivity contribution in [2.45, 2.75) is 56.0 Å². The molecule has 0 aromatic heterocycles. The Hall–Kier alpha value is -2.51. The van der Waals surface area contributed by atoms with E-state index in [1.807, 2.05) is 18.2 Å². The lowest BCUT2D eigenvalue weighted by Gasteiger charge is -2.29. The van der Waals surface area contributed by atoms with Gasteiger partial charge in [-0.05, 0) is 48.2 Å². The third-order valence-corrected chi connectivity index (χ3v) is 6.20.